The number of nitrogens with one attached hydrogen (secondary N) is 1. The van der Waals surface area contributed by atoms with Crippen LogP contribution in [-0.4, -0.2) is 23.8 Å². The summed E-state index contributed by atoms with van der Waals surface area (Å²) in [6.07, 6.45) is 0.365. The number of ether oxygens (including phenoxy) is 1. The van der Waals surface area contributed by atoms with Crippen LogP contribution in [0.5, 0.6) is 5.75 Å². The Kier molecular flexibility index (Phi) is 7.23. The van der Waals surface area contributed by atoms with Gasteiger partial charge in [-0.2, -0.15) is 0 Å². The lowest BCUT2D eigenvalue weighted by Gasteiger charge is -2.22. The molecule has 0 radical (unpaired) electrons. The smallest absolute Gasteiger partial charge is 0.334 e. The molecule has 2 atom stereocenters. The van der Waals surface area contributed by atoms with Gasteiger partial charge in [0.15, 0.2) is 0 Å². The maximum Gasteiger partial charge on any atom is 0.334 e. The molecule has 1 amide bonds. The first-order chi connectivity index (χ1) is 9.93. The Hall–Kier alpha value is -1.55. The van der Waals surface area contributed by atoms with Crippen LogP contribution in [0.25, 0.3) is 0 Å². The van der Waals surface area contributed by atoms with E-state index in [9.17, 15) is 9.59 Å². The maximum atomic E-state index is 12.2. The molecule has 0 aliphatic heterocycles. The van der Waals surface area contributed by atoms with Crippen molar-refractivity contribution in [3.05, 3.63) is 30.3 Å². The fraction of sp³-hybridized carbons (Fsp3) is 0.500. The second kappa shape index (κ2) is 8.67. The number of alkyl halides is 1. The molecule has 0 bridgehead atoms. The first-order valence-corrected chi connectivity index (χ1v) is 7.59. The maximum absolute atomic E-state index is 12.2. The molecule has 0 fully saturated rings. The van der Waals surface area contributed by atoms with Crippen LogP contribution >= 0.6 is 11.6 Å². The largest absolute Gasteiger partial charge is 0.425 e. The van der Waals surface area contributed by atoms with Crippen LogP contribution < -0.4 is 10.1 Å². The Morgan fingerprint density at radius 1 is 1.19 bits per heavy atom. The predicted octanol–water partition coefficient (Wildman–Crippen LogP) is 3.00. The van der Waals surface area contributed by atoms with Gasteiger partial charge in [0.1, 0.15) is 11.8 Å². The van der Waals surface area contributed by atoms with Gasteiger partial charge in [0, 0.05) is 18.2 Å². The number of hydrogen-bond acceptors (Lipinski definition) is 3. The topological polar surface area (TPSA) is 55.4 Å². The van der Waals surface area contributed by atoms with Crippen LogP contribution in [0.15, 0.2) is 30.3 Å². The van der Waals surface area contributed by atoms with E-state index in [2.05, 4.69) is 5.32 Å². The summed E-state index contributed by atoms with van der Waals surface area (Å²) in [5.41, 5.74) is 0. The third-order valence-electron chi connectivity index (χ3n) is 2.94. The summed E-state index contributed by atoms with van der Waals surface area (Å²) < 4.78 is 5.29. The Morgan fingerprint density at radius 3 is 2.33 bits per heavy atom. The van der Waals surface area contributed by atoms with Crippen LogP contribution in [0.2, 0.25) is 0 Å². The number of rotatable bonds is 7. The number of halogens is 1. The fourth-order valence-electron chi connectivity index (χ4n) is 1.79. The van der Waals surface area contributed by atoms with Crippen LogP contribution in [-0.2, 0) is 9.59 Å². The highest BCUT2D eigenvalue weighted by Crippen LogP contribution is 2.13. The minimum Gasteiger partial charge on any atom is -0.425 e. The van der Waals surface area contributed by atoms with Crippen molar-refractivity contribution < 1.29 is 14.3 Å². The van der Waals surface area contributed by atoms with E-state index < -0.39 is 12.0 Å². The molecule has 2 unspecified atom stereocenters. The van der Waals surface area contributed by atoms with Gasteiger partial charge in [0.25, 0.3) is 0 Å². The highest BCUT2D eigenvalue weighted by atomic mass is 35.5. The van der Waals surface area contributed by atoms with Crippen molar-refractivity contribution in [2.75, 3.05) is 5.88 Å². The fourth-order valence-corrected chi connectivity index (χ4v) is 1.97. The molecule has 116 valence electrons. The van der Waals surface area contributed by atoms with E-state index >= 15 is 0 Å². The summed E-state index contributed by atoms with van der Waals surface area (Å²) in [4.78, 5) is 24.1. The Morgan fingerprint density at radius 2 is 1.81 bits per heavy atom. The van der Waals surface area contributed by atoms with Gasteiger partial charge in [-0.25, -0.2) is 4.79 Å². The SMILES string of the molecule is CC(C)CC(=O)NC(C(=O)Oc1ccccc1)C(C)CCl. The number of carbonyl (C=O) groups excluding carboxylic acids is 2. The summed E-state index contributed by atoms with van der Waals surface area (Å²) in [7, 11) is 0. The van der Waals surface area contributed by atoms with Crippen molar-refractivity contribution >= 4 is 23.5 Å². The van der Waals surface area contributed by atoms with Crippen molar-refractivity contribution in [1.29, 1.82) is 0 Å². The van der Waals surface area contributed by atoms with Crippen LogP contribution in [0.3, 0.4) is 0 Å². The van der Waals surface area contributed by atoms with E-state index in [-0.39, 0.29) is 23.6 Å². The average molecular weight is 312 g/mol. The van der Waals surface area contributed by atoms with Gasteiger partial charge in [-0.15, -0.1) is 11.6 Å². The molecule has 0 aliphatic rings. The van der Waals surface area contributed by atoms with Crippen molar-refractivity contribution in [3.8, 4) is 5.75 Å². The number of para-hydroxylation sites is 1. The molecular formula is C16H22ClNO3. The Bertz CT molecular complexity index is 462. The quantitative estimate of drug-likeness (QED) is 0.478. The van der Waals surface area contributed by atoms with Crippen LogP contribution in [0.4, 0.5) is 0 Å². The molecule has 5 heteroatoms. The molecule has 4 nitrogen and oxygen atoms in total. The summed E-state index contributed by atoms with van der Waals surface area (Å²) in [5, 5.41) is 2.72. The lowest BCUT2D eigenvalue weighted by Crippen LogP contribution is -2.47. The zero-order valence-corrected chi connectivity index (χ0v) is 13.4. The summed E-state index contributed by atoms with van der Waals surface area (Å²) in [6, 6.07) is 8.03. The van der Waals surface area contributed by atoms with Crippen LogP contribution in [0, 0.1) is 11.8 Å². The minimum atomic E-state index is -0.742. The zero-order valence-electron chi connectivity index (χ0n) is 12.6. The van der Waals surface area contributed by atoms with E-state index in [1.165, 1.54) is 0 Å². The molecule has 1 aromatic rings. The normalized spacial score (nSPS) is 13.6. The first kappa shape index (κ1) is 17.5. The highest BCUT2D eigenvalue weighted by molar-refractivity contribution is 6.18. The van der Waals surface area contributed by atoms with E-state index in [0.717, 1.165) is 0 Å². The molecule has 0 saturated carbocycles. The Balaban J connectivity index is 2.72. The lowest BCUT2D eigenvalue weighted by molar-refractivity contribution is -0.140. The van der Waals surface area contributed by atoms with Gasteiger partial charge in [-0.05, 0) is 18.1 Å². The van der Waals surface area contributed by atoms with Gasteiger partial charge in [-0.3, -0.25) is 4.79 Å². The van der Waals surface area contributed by atoms with Crippen molar-refractivity contribution in [3.63, 3.8) is 0 Å². The first-order valence-electron chi connectivity index (χ1n) is 7.06. The molecule has 0 spiro atoms. The Labute approximate surface area is 130 Å². The summed E-state index contributed by atoms with van der Waals surface area (Å²) in [5.74, 6) is 0.0631. The third kappa shape index (κ3) is 6.17. The molecule has 0 aliphatic carbocycles. The van der Waals surface area contributed by atoms with E-state index in [1.54, 1.807) is 31.2 Å². The molecule has 1 N–H and O–H groups in total. The molecule has 1 rings (SSSR count). The second-order valence-electron chi connectivity index (χ2n) is 5.51. The van der Waals surface area contributed by atoms with Gasteiger partial charge in [0.2, 0.25) is 5.91 Å². The average Bonchev–Trinajstić information content (AvgIpc) is 2.44. The van der Waals surface area contributed by atoms with Gasteiger partial charge in [0.05, 0.1) is 0 Å². The second-order valence-corrected chi connectivity index (χ2v) is 5.82. The van der Waals surface area contributed by atoms with E-state index in [1.807, 2.05) is 19.9 Å². The molecular weight excluding hydrogens is 290 g/mol. The summed E-state index contributed by atoms with van der Waals surface area (Å²) in [6.45, 7) is 5.70. The number of hydrogen-bond donors (Lipinski definition) is 1. The minimum absolute atomic E-state index is 0.169. The van der Waals surface area contributed by atoms with Gasteiger partial charge >= 0.3 is 5.97 Å². The number of benzene rings is 1. The van der Waals surface area contributed by atoms with E-state index in [4.69, 9.17) is 16.3 Å². The molecule has 21 heavy (non-hydrogen) atoms. The molecule has 0 aromatic heterocycles. The molecule has 1 aromatic carbocycles. The van der Waals surface area contributed by atoms with Crippen molar-refractivity contribution in [1.82, 2.24) is 5.32 Å². The number of carbonyl (C=O) groups is 2. The van der Waals surface area contributed by atoms with Gasteiger partial charge in [-0.1, -0.05) is 39.0 Å². The van der Waals surface area contributed by atoms with Crippen molar-refractivity contribution in [2.24, 2.45) is 11.8 Å². The monoisotopic (exact) mass is 311 g/mol. The third-order valence-corrected chi connectivity index (χ3v) is 3.42. The van der Waals surface area contributed by atoms with E-state index in [0.29, 0.717) is 12.2 Å². The molecule has 0 saturated heterocycles. The van der Waals surface area contributed by atoms with Crippen molar-refractivity contribution in [2.45, 2.75) is 33.2 Å². The highest BCUT2D eigenvalue weighted by Gasteiger charge is 2.28. The number of esters is 1. The zero-order chi connectivity index (χ0) is 15.8. The molecule has 0 heterocycles. The predicted molar refractivity (Wildman–Crippen MR) is 83.3 cm³/mol. The van der Waals surface area contributed by atoms with Gasteiger partial charge < -0.3 is 10.1 Å². The standard InChI is InChI=1S/C16H22ClNO3/c1-11(2)9-14(19)18-15(12(3)10-17)16(20)21-13-7-5-4-6-8-13/h4-8,11-12,15H,9-10H2,1-3H3,(H,18,19). The number of amides is 1. The lowest BCUT2D eigenvalue weighted by atomic mass is 10.0. The van der Waals surface area contributed by atoms with Crippen LogP contribution in [0.1, 0.15) is 27.2 Å². The summed E-state index contributed by atoms with van der Waals surface area (Å²) >= 11 is 5.82.